The SMILES string of the molecule is CC(=O)c1nnn2c1CC(C)(C)C2. The molecule has 0 amide bonds. The summed E-state index contributed by atoms with van der Waals surface area (Å²) < 4.78 is 1.84. The minimum atomic E-state index is 0.0129. The zero-order valence-electron chi connectivity index (χ0n) is 8.16. The summed E-state index contributed by atoms with van der Waals surface area (Å²) in [7, 11) is 0. The molecule has 0 fully saturated rings. The van der Waals surface area contributed by atoms with Gasteiger partial charge >= 0.3 is 0 Å². The number of hydrogen-bond donors (Lipinski definition) is 0. The summed E-state index contributed by atoms with van der Waals surface area (Å²) in [4.78, 5) is 11.2. The van der Waals surface area contributed by atoms with Crippen molar-refractivity contribution >= 4 is 5.78 Å². The normalized spacial score (nSPS) is 18.7. The predicted molar refractivity (Wildman–Crippen MR) is 47.5 cm³/mol. The van der Waals surface area contributed by atoms with Crippen LogP contribution in [-0.2, 0) is 13.0 Å². The van der Waals surface area contributed by atoms with Gasteiger partial charge in [-0.1, -0.05) is 19.1 Å². The van der Waals surface area contributed by atoms with Crippen LogP contribution < -0.4 is 0 Å². The van der Waals surface area contributed by atoms with E-state index in [2.05, 4.69) is 24.2 Å². The second kappa shape index (κ2) is 2.40. The molecule has 2 rings (SSSR count). The Morgan fingerprint density at radius 3 is 2.85 bits per heavy atom. The summed E-state index contributed by atoms with van der Waals surface area (Å²) in [5, 5.41) is 7.83. The fourth-order valence-corrected chi connectivity index (χ4v) is 1.82. The van der Waals surface area contributed by atoms with E-state index in [4.69, 9.17) is 0 Å². The third kappa shape index (κ3) is 1.26. The third-order valence-electron chi connectivity index (χ3n) is 2.39. The molecule has 2 heterocycles. The molecule has 0 atom stereocenters. The molecule has 0 unspecified atom stereocenters. The average molecular weight is 179 g/mol. The number of Topliss-reactive ketones (excluding diaryl/α,β-unsaturated/α-hetero) is 1. The van der Waals surface area contributed by atoms with E-state index in [9.17, 15) is 4.79 Å². The van der Waals surface area contributed by atoms with E-state index in [1.54, 1.807) is 0 Å². The molecule has 4 nitrogen and oxygen atoms in total. The van der Waals surface area contributed by atoms with Crippen LogP contribution in [0.1, 0.15) is 37.0 Å². The molecule has 1 aromatic heterocycles. The quantitative estimate of drug-likeness (QED) is 0.606. The van der Waals surface area contributed by atoms with Gasteiger partial charge in [-0.2, -0.15) is 0 Å². The Morgan fingerprint density at radius 1 is 1.54 bits per heavy atom. The van der Waals surface area contributed by atoms with E-state index in [1.807, 2.05) is 4.68 Å². The van der Waals surface area contributed by atoms with Crippen LogP contribution in [0.25, 0.3) is 0 Å². The van der Waals surface area contributed by atoms with Gasteiger partial charge in [0.15, 0.2) is 11.5 Å². The van der Waals surface area contributed by atoms with Gasteiger partial charge in [-0.05, 0) is 11.8 Å². The Balaban J connectivity index is 2.43. The van der Waals surface area contributed by atoms with Gasteiger partial charge < -0.3 is 0 Å². The van der Waals surface area contributed by atoms with Gasteiger partial charge in [0.1, 0.15) is 0 Å². The van der Waals surface area contributed by atoms with Crippen molar-refractivity contribution in [1.29, 1.82) is 0 Å². The maximum atomic E-state index is 11.2. The van der Waals surface area contributed by atoms with E-state index < -0.39 is 0 Å². The van der Waals surface area contributed by atoms with Gasteiger partial charge in [0.25, 0.3) is 0 Å². The van der Waals surface area contributed by atoms with Gasteiger partial charge in [0.05, 0.1) is 5.69 Å². The van der Waals surface area contributed by atoms with Crippen LogP contribution in [-0.4, -0.2) is 20.8 Å². The Bertz CT molecular complexity index is 365. The maximum Gasteiger partial charge on any atom is 0.181 e. The number of nitrogens with zero attached hydrogens (tertiary/aromatic N) is 3. The molecule has 1 aromatic rings. The Kier molecular flexibility index (Phi) is 1.55. The van der Waals surface area contributed by atoms with E-state index in [1.165, 1.54) is 6.92 Å². The molecule has 0 saturated carbocycles. The van der Waals surface area contributed by atoms with Crippen molar-refractivity contribution in [1.82, 2.24) is 15.0 Å². The Morgan fingerprint density at radius 2 is 2.23 bits per heavy atom. The summed E-state index contributed by atoms with van der Waals surface area (Å²) in [6.07, 6.45) is 0.898. The summed E-state index contributed by atoms with van der Waals surface area (Å²) in [5.41, 5.74) is 1.76. The molecule has 1 aliphatic heterocycles. The van der Waals surface area contributed by atoms with E-state index in [0.717, 1.165) is 18.7 Å². The summed E-state index contributed by atoms with van der Waals surface area (Å²) in [5.74, 6) is 0.0129. The number of carbonyl (C=O) groups excluding carboxylic acids is 1. The first-order chi connectivity index (χ1) is 5.99. The molecule has 70 valence electrons. The van der Waals surface area contributed by atoms with Crippen LogP contribution in [0.4, 0.5) is 0 Å². The zero-order chi connectivity index (χ0) is 9.64. The lowest BCUT2D eigenvalue weighted by molar-refractivity contribution is 0.101. The van der Waals surface area contributed by atoms with Crippen LogP contribution in [0.3, 0.4) is 0 Å². The number of hydrogen-bond acceptors (Lipinski definition) is 3. The topological polar surface area (TPSA) is 47.8 Å². The number of fused-ring (bicyclic) bond motifs is 1. The number of carbonyl (C=O) groups is 1. The first-order valence-electron chi connectivity index (χ1n) is 4.43. The molecule has 0 bridgehead atoms. The van der Waals surface area contributed by atoms with E-state index in [0.29, 0.717) is 5.69 Å². The molecule has 0 aliphatic carbocycles. The molecular weight excluding hydrogens is 166 g/mol. The van der Waals surface area contributed by atoms with Crippen molar-refractivity contribution in [2.75, 3.05) is 0 Å². The Labute approximate surface area is 76.9 Å². The molecule has 0 aromatic carbocycles. The fraction of sp³-hybridized carbons (Fsp3) is 0.667. The van der Waals surface area contributed by atoms with Crippen LogP contribution in [0.5, 0.6) is 0 Å². The zero-order valence-corrected chi connectivity index (χ0v) is 8.16. The van der Waals surface area contributed by atoms with Crippen LogP contribution in [0.2, 0.25) is 0 Å². The second-order valence-electron chi connectivity index (χ2n) is 4.44. The van der Waals surface area contributed by atoms with Crippen molar-refractivity contribution in [2.45, 2.75) is 33.7 Å². The summed E-state index contributed by atoms with van der Waals surface area (Å²) in [6, 6.07) is 0. The van der Waals surface area contributed by atoms with Gasteiger partial charge in [0, 0.05) is 13.5 Å². The predicted octanol–water partition coefficient (Wildman–Crippen LogP) is 1.06. The van der Waals surface area contributed by atoms with Crippen molar-refractivity contribution in [3.05, 3.63) is 11.4 Å². The largest absolute Gasteiger partial charge is 0.293 e. The molecule has 1 aliphatic rings. The van der Waals surface area contributed by atoms with Crippen LogP contribution >= 0.6 is 0 Å². The van der Waals surface area contributed by atoms with Crippen molar-refractivity contribution < 1.29 is 4.79 Å². The third-order valence-corrected chi connectivity index (χ3v) is 2.39. The molecule has 0 N–H and O–H groups in total. The molecule has 0 radical (unpaired) electrons. The first kappa shape index (κ1) is 8.41. The lowest BCUT2D eigenvalue weighted by Gasteiger charge is -2.13. The van der Waals surface area contributed by atoms with Crippen LogP contribution in [0.15, 0.2) is 0 Å². The van der Waals surface area contributed by atoms with Crippen molar-refractivity contribution in [2.24, 2.45) is 5.41 Å². The number of ketones is 1. The van der Waals surface area contributed by atoms with E-state index >= 15 is 0 Å². The van der Waals surface area contributed by atoms with Gasteiger partial charge in [0.2, 0.25) is 0 Å². The summed E-state index contributed by atoms with van der Waals surface area (Å²) >= 11 is 0. The minimum Gasteiger partial charge on any atom is -0.293 e. The standard InChI is InChI=1S/C9H13N3O/c1-6(13)8-7-4-9(2,3)5-12(7)11-10-8/h4-5H2,1-3H3. The molecule has 0 spiro atoms. The minimum absolute atomic E-state index is 0.0129. The molecule has 13 heavy (non-hydrogen) atoms. The highest BCUT2D eigenvalue weighted by atomic mass is 16.1. The highest BCUT2D eigenvalue weighted by Gasteiger charge is 2.33. The lowest BCUT2D eigenvalue weighted by atomic mass is 9.91. The van der Waals surface area contributed by atoms with Gasteiger partial charge in [-0.25, -0.2) is 4.68 Å². The monoisotopic (exact) mass is 179 g/mol. The maximum absolute atomic E-state index is 11.2. The highest BCUT2D eigenvalue weighted by molar-refractivity contribution is 5.93. The molecule has 4 heteroatoms. The molecule has 0 saturated heterocycles. The van der Waals surface area contributed by atoms with Crippen molar-refractivity contribution in [3.8, 4) is 0 Å². The molecular formula is C9H13N3O. The Hall–Kier alpha value is -1.19. The van der Waals surface area contributed by atoms with Crippen molar-refractivity contribution in [3.63, 3.8) is 0 Å². The smallest absolute Gasteiger partial charge is 0.181 e. The highest BCUT2D eigenvalue weighted by Crippen LogP contribution is 2.31. The fourth-order valence-electron chi connectivity index (χ4n) is 1.82. The second-order valence-corrected chi connectivity index (χ2v) is 4.44. The van der Waals surface area contributed by atoms with Gasteiger partial charge in [-0.3, -0.25) is 4.79 Å². The lowest BCUT2D eigenvalue weighted by Crippen LogP contribution is -2.13. The number of aromatic nitrogens is 3. The van der Waals surface area contributed by atoms with E-state index in [-0.39, 0.29) is 11.2 Å². The summed E-state index contributed by atoms with van der Waals surface area (Å²) in [6.45, 7) is 6.75. The first-order valence-corrected chi connectivity index (χ1v) is 4.43. The number of rotatable bonds is 1. The van der Waals surface area contributed by atoms with Crippen LogP contribution in [0, 0.1) is 5.41 Å². The average Bonchev–Trinajstić information content (AvgIpc) is 2.41. The van der Waals surface area contributed by atoms with Gasteiger partial charge in [-0.15, -0.1) is 5.10 Å².